The Hall–Kier alpha value is -4.20. The molecule has 8 heteroatoms. The second-order valence-corrected chi connectivity index (χ2v) is 8.40. The number of likely N-dealkylation sites (tertiary alicyclic amines) is 1. The van der Waals surface area contributed by atoms with Crippen LogP contribution in [-0.4, -0.2) is 38.8 Å². The highest BCUT2D eigenvalue weighted by Crippen LogP contribution is 2.36. The van der Waals surface area contributed by atoms with E-state index in [0.717, 1.165) is 41.1 Å². The van der Waals surface area contributed by atoms with Crippen LogP contribution in [0.2, 0.25) is 0 Å². The molecule has 1 saturated heterocycles. The number of hydrogen-bond donors (Lipinski definition) is 0. The van der Waals surface area contributed by atoms with Crippen LogP contribution in [0.1, 0.15) is 30.4 Å². The Morgan fingerprint density at radius 1 is 1.20 bits per heavy atom. The minimum atomic E-state index is -0.555. The molecule has 0 spiro atoms. The number of aryl methyl sites for hydroxylation is 1. The number of rotatable bonds is 6. The minimum Gasteiger partial charge on any atom is -0.494 e. The van der Waals surface area contributed by atoms with Gasteiger partial charge in [0.25, 0.3) is 0 Å². The summed E-state index contributed by atoms with van der Waals surface area (Å²) in [6.45, 7) is 6.25. The molecule has 1 aliphatic rings. The molecule has 1 amide bonds. The maximum atomic E-state index is 14.5. The summed E-state index contributed by atoms with van der Waals surface area (Å²) in [4.78, 5) is 23.7. The van der Waals surface area contributed by atoms with Gasteiger partial charge in [-0.25, -0.2) is 4.98 Å². The highest BCUT2D eigenvalue weighted by molar-refractivity contribution is 5.87. The van der Waals surface area contributed by atoms with Gasteiger partial charge in [-0.15, -0.1) is 0 Å². The molecule has 1 fully saturated rings. The van der Waals surface area contributed by atoms with Crippen LogP contribution in [0.4, 0.5) is 4.39 Å². The summed E-state index contributed by atoms with van der Waals surface area (Å²) < 4.78 is 27.3. The predicted molar refractivity (Wildman–Crippen MR) is 130 cm³/mol. The van der Waals surface area contributed by atoms with Gasteiger partial charge in [-0.3, -0.25) is 14.2 Å². The van der Waals surface area contributed by atoms with E-state index in [4.69, 9.17) is 14.5 Å². The number of halogens is 1. The Balaban J connectivity index is 1.51. The van der Waals surface area contributed by atoms with Crippen LogP contribution in [0.15, 0.2) is 67.5 Å². The van der Waals surface area contributed by atoms with Crippen LogP contribution < -0.4 is 9.47 Å². The second kappa shape index (κ2) is 9.21. The zero-order valence-corrected chi connectivity index (χ0v) is 19.6. The van der Waals surface area contributed by atoms with Crippen LogP contribution in [0.25, 0.3) is 16.8 Å². The Kier molecular flexibility index (Phi) is 5.94. The number of methoxy groups -OCH3 is 1. The number of aromatic nitrogens is 3. The molecule has 0 N–H and O–H groups in total. The summed E-state index contributed by atoms with van der Waals surface area (Å²) in [5.41, 5.74) is 3.31. The SMILES string of the molecule is C=CC(=O)N1CCC[C@H]1c1nc(-c2ccc(Oc3cccc(OC)c3F)cc2)c2cnc(C)cn12. The highest BCUT2D eigenvalue weighted by Gasteiger charge is 2.32. The lowest BCUT2D eigenvalue weighted by atomic mass is 10.1. The van der Waals surface area contributed by atoms with E-state index in [1.807, 2.05) is 34.6 Å². The molecule has 3 heterocycles. The highest BCUT2D eigenvalue weighted by atomic mass is 19.1. The van der Waals surface area contributed by atoms with Gasteiger partial charge in [-0.05, 0) is 62.2 Å². The number of ether oxygens (including phenoxy) is 2. The first kappa shape index (κ1) is 22.6. The number of fused-ring (bicyclic) bond motifs is 1. The van der Waals surface area contributed by atoms with E-state index in [1.54, 1.807) is 30.5 Å². The second-order valence-electron chi connectivity index (χ2n) is 8.40. The summed E-state index contributed by atoms with van der Waals surface area (Å²) in [7, 11) is 1.41. The number of benzene rings is 2. The molecule has 1 atom stereocenters. The van der Waals surface area contributed by atoms with Gasteiger partial charge < -0.3 is 14.4 Å². The van der Waals surface area contributed by atoms with Gasteiger partial charge in [0, 0.05) is 18.3 Å². The van der Waals surface area contributed by atoms with Crippen molar-refractivity contribution in [3.05, 3.63) is 84.8 Å². The van der Waals surface area contributed by atoms with Crippen LogP contribution in [0, 0.1) is 12.7 Å². The van der Waals surface area contributed by atoms with Crippen molar-refractivity contribution in [1.29, 1.82) is 0 Å². The van der Waals surface area contributed by atoms with Gasteiger partial charge >= 0.3 is 0 Å². The standard InChI is InChI=1S/C27H25FN4O3/c1-4-24(33)31-14-6-7-20(31)27-30-26(21-15-29-17(2)16-32(21)27)18-10-12-19(13-11-18)35-23-9-5-8-22(34-3)25(23)28/h4-5,8-13,15-16,20H,1,6-7,14H2,2-3H3/t20-/m0/s1. The van der Waals surface area contributed by atoms with Gasteiger partial charge in [0.1, 0.15) is 11.6 Å². The molecule has 0 radical (unpaired) electrons. The summed E-state index contributed by atoms with van der Waals surface area (Å²) in [6.07, 6.45) is 6.83. The third-order valence-electron chi connectivity index (χ3n) is 6.19. The van der Waals surface area contributed by atoms with Crippen molar-refractivity contribution in [3.8, 4) is 28.5 Å². The van der Waals surface area contributed by atoms with E-state index in [2.05, 4.69) is 11.6 Å². The molecule has 5 rings (SSSR count). The lowest BCUT2D eigenvalue weighted by Crippen LogP contribution is -2.29. The van der Waals surface area contributed by atoms with Gasteiger partial charge in [-0.2, -0.15) is 4.39 Å². The normalized spacial score (nSPS) is 15.4. The van der Waals surface area contributed by atoms with E-state index in [-0.39, 0.29) is 23.4 Å². The molecule has 35 heavy (non-hydrogen) atoms. The fourth-order valence-corrected chi connectivity index (χ4v) is 4.50. The fraction of sp³-hybridized carbons (Fsp3) is 0.222. The molecule has 2 aromatic heterocycles. The van der Waals surface area contributed by atoms with Crippen LogP contribution >= 0.6 is 0 Å². The zero-order valence-electron chi connectivity index (χ0n) is 19.6. The number of nitrogens with zero attached hydrogens (tertiary/aromatic N) is 4. The molecule has 4 aromatic rings. The lowest BCUT2D eigenvalue weighted by Gasteiger charge is -2.22. The Morgan fingerprint density at radius 3 is 2.71 bits per heavy atom. The van der Waals surface area contributed by atoms with Crippen molar-refractivity contribution in [2.45, 2.75) is 25.8 Å². The molecule has 0 bridgehead atoms. The third-order valence-corrected chi connectivity index (χ3v) is 6.19. The number of amides is 1. The average molecular weight is 473 g/mol. The number of imidazole rings is 1. The van der Waals surface area contributed by atoms with Crippen molar-refractivity contribution < 1.29 is 18.7 Å². The molecule has 2 aromatic carbocycles. The Labute approximate surface area is 202 Å². The minimum absolute atomic E-state index is 0.0831. The molecular weight excluding hydrogens is 447 g/mol. The average Bonchev–Trinajstić information content (AvgIpc) is 3.50. The summed E-state index contributed by atoms with van der Waals surface area (Å²) >= 11 is 0. The first-order chi connectivity index (χ1) is 17.0. The maximum Gasteiger partial charge on any atom is 0.246 e. The predicted octanol–water partition coefficient (Wildman–Crippen LogP) is 5.49. The van der Waals surface area contributed by atoms with Crippen molar-refractivity contribution in [1.82, 2.24) is 19.3 Å². The van der Waals surface area contributed by atoms with E-state index >= 15 is 0 Å². The van der Waals surface area contributed by atoms with Crippen LogP contribution in [-0.2, 0) is 4.79 Å². The Morgan fingerprint density at radius 2 is 1.97 bits per heavy atom. The first-order valence-electron chi connectivity index (χ1n) is 11.4. The van der Waals surface area contributed by atoms with E-state index in [0.29, 0.717) is 12.3 Å². The zero-order chi connectivity index (χ0) is 24.5. The molecule has 0 unspecified atom stereocenters. The van der Waals surface area contributed by atoms with E-state index < -0.39 is 5.82 Å². The molecular formula is C27H25FN4O3. The molecule has 0 saturated carbocycles. The maximum absolute atomic E-state index is 14.5. The molecule has 178 valence electrons. The van der Waals surface area contributed by atoms with Crippen molar-refractivity contribution in [3.63, 3.8) is 0 Å². The van der Waals surface area contributed by atoms with Crippen molar-refractivity contribution >= 4 is 11.4 Å². The summed E-state index contributed by atoms with van der Waals surface area (Å²) in [6, 6.07) is 11.9. The fourth-order valence-electron chi connectivity index (χ4n) is 4.50. The van der Waals surface area contributed by atoms with E-state index in [1.165, 1.54) is 19.3 Å². The van der Waals surface area contributed by atoms with Gasteiger partial charge in [0.2, 0.25) is 11.7 Å². The summed E-state index contributed by atoms with van der Waals surface area (Å²) in [5.74, 6) is 0.835. The van der Waals surface area contributed by atoms with Crippen LogP contribution in [0.3, 0.4) is 0 Å². The monoisotopic (exact) mass is 472 g/mol. The Bertz CT molecular complexity index is 1410. The molecule has 0 aliphatic carbocycles. The van der Waals surface area contributed by atoms with E-state index in [9.17, 15) is 9.18 Å². The largest absolute Gasteiger partial charge is 0.494 e. The number of carbonyl (C=O) groups excluding carboxylic acids is 1. The van der Waals surface area contributed by atoms with Gasteiger partial charge in [0.05, 0.1) is 36.3 Å². The van der Waals surface area contributed by atoms with Crippen molar-refractivity contribution in [2.24, 2.45) is 0 Å². The smallest absolute Gasteiger partial charge is 0.246 e. The van der Waals surface area contributed by atoms with Gasteiger partial charge in [0.15, 0.2) is 11.5 Å². The number of hydrogen-bond acceptors (Lipinski definition) is 5. The number of carbonyl (C=O) groups is 1. The summed E-state index contributed by atoms with van der Waals surface area (Å²) in [5, 5.41) is 0. The topological polar surface area (TPSA) is 69.0 Å². The van der Waals surface area contributed by atoms with Crippen LogP contribution in [0.5, 0.6) is 17.2 Å². The third kappa shape index (κ3) is 4.12. The van der Waals surface area contributed by atoms with Gasteiger partial charge in [-0.1, -0.05) is 12.6 Å². The molecule has 7 nitrogen and oxygen atoms in total. The quantitative estimate of drug-likeness (QED) is 0.347. The molecule has 1 aliphatic heterocycles. The first-order valence-corrected chi connectivity index (χ1v) is 11.4. The van der Waals surface area contributed by atoms with Crippen molar-refractivity contribution in [2.75, 3.05) is 13.7 Å². The lowest BCUT2D eigenvalue weighted by molar-refractivity contribution is -0.127.